The summed E-state index contributed by atoms with van der Waals surface area (Å²) < 4.78 is 5.64. The summed E-state index contributed by atoms with van der Waals surface area (Å²) >= 11 is 5.79. The zero-order chi connectivity index (χ0) is 11.1. The molecule has 84 valence electrons. The standard InChI is InChI=1S/C12H18ClNO/c1-3-4-5-6-7-15-11-8-12(13)14-9-10(11)2/h8-9H,3-7H2,1-2H3. The Kier molecular flexibility index (Phi) is 5.48. The highest BCUT2D eigenvalue weighted by atomic mass is 35.5. The normalized spacial score (nSPS) is 10.3. The molecule has 0 aliphatic carbocycles. The second-order valence-corrected chi connectivity index (χ2v) is 4.07. The van der Waals surface area contributed by atoms with Crippen molar-refractivity contribution in [1.29, 1.82) is 0 Å². The Morgan fingerprint density at radius 2 is 2.13 bits per heavy atom. The van der Waals surface area contributed by atoms with Crippen molar-refractivity contribution < 1.29 is 4.74 Å². The van der Waals surface area contributed by atoms with Crippen LogP contribution in [-0.4, -0.2) is 11.6 Å². The first-order chi connectivity index (χ1) is 7.24. The largest absolute Gasteiger partial charge is 0.493 e. The third kappa shape index (κ3) is 4.52. The summed E-state index contributed by atoms with van der Waals surface area (Å²) in [6.45, 7) is 4.94. The van der Waals surface area contributed by atoms with Gasteiger partial charge < -0.3 is 4.74 Å². The number of hydrogen-bond acceptors (Lipinski definition) is 2. The molecule has 1 aromatic heterocycles. The first kappa shape index (κ1) is 12.3. The van der Waals surface area contributed by atoms with Crippen LogP contribution in [0.3, 0.4) is 0 Å². The molecule has 0 aromatic carbocycles. The van der Waals surface area contributed by atoms with Crippen LogP contribution in [0.4, 0.5) is 0 Å². The Morgan fingerprint density at radius 1 is 1.33 bits per heavy atom. The highest BCUT2D eigenvalue weighted by molar-refractivity contribution is 6.29. The van der Waals surface area contributed by atoms with Crippen molar-refractivity contribution in [2.75, 3.05) is 6.61 Å². The van der Waals surface area contributed by atoms with Gasteiger partial charge >= 0.3 is 0 Å². The molecular weight excluding hydrogens is 210 g/mol. The van der Waals surface area contributed by atoms with Crippen molar-refractivity contribution in [3.05, 3.63) is 23.0 Å². The van der Waals surface area contributed by atoms with Crippen molar-refractivity contribution >= 4 is 11.6 Å². The van der Waals surface area contributed by atoms with Gasteiger partial charge in [-0.1, -0.05) is 37.8 Å². The maximum absolute atomic E-state index is 5.79. The zero-order valence-corrected chi connectivity index (χ0v) is 10.2. The summed E-state index contributed by atoms with van der Waals surface area (Å²) in [6.07, 6.45) is 6.60. The van der Waals surface area contributed by atoms with Gasteiger partial charge in [-0.05, 0) is 13.3 Å². The molecule has 0 atom stereocenters. The number of nitrogens with zero attached hydrogens (tertiary/aromatic N) is 1. The van der Waals surface area contributed by atoms with E-state index in [9.17, 15) is 0 Å². The van der Waals surface area contributed by atoms with Gasteiger partial charge in [0.1, 0.15) is 10.9 Å². The van der Waals surface area contributed by atoms with Gasteiger partial charge in [0.15, 0.2) is 0 Å². The lowest BCUT2D eigenvalue weighted by Crippen LogP contribution is -1.99. The lowest BCUT2D eigenvalue weighted by molar-refractivity contribution is 0.303. The fourth-order valence-corrected chi connectivity index (χ4v) is 1.50. The van der Waals surface area contributed by atoms with Gasteiger partial charge in [-0.3, -0.25) is 0 Å². The molecule has 0 aliphatic rings. The molecule has 0 N–H and O–H groups in total. The summed E-state index contributed by atoms with van der Waals surface area (Å²) in [5, 5.41) is 0.490. The number of aryl methyl sites for hydroxylation is 1. The molecule has 0 saturated heterocycles. The van der Waals surface area contributed by atoms with Gasteiger partial charge in [0, 0.05) is 17.8 Å². The van der Waals surface area contributed by atoms with E-state index in [0.717, 1.165) is 24.3 Å². The van der Waals surface area contributed by atoms with Gasteiger partial charge in [-0.25, -0.2) is 4.98 Å². The monoisotopic (exact) mass is 227 g/mol. The number of hydrogen-bond donors (Lipinski definition) is 0. The number of pyridine rings is 1. The van der Waals surface area contributed by atoms with Gasteiger partial charge in [0.05, 0.1) is 6.61 Å². The second-order valence-electron chi connectivity index (χ2n) is 3.68. The molecule has 3 heteroatoms. The van der Waals surface area contributed by atoms with Crippen LogP contribution in [0.5, 0.6) is 5.75 Å². The van der Waals surface area contributed by atoms with Gasteiger partial charge in [-0.2, -0.15) is 0 Å². The smallest absolute Gasteiger partial charge is 0.132 e. The van der Waals surface area contributed by atoms with Crippen molar-refractivity contribution in [2.45, 2.75) is 39.5 Å². The molecule has 0 fully saturated rings. The molecule has 1 heterocycles. The van der Waals surface area contributed by atoms with Crippen LogP contribution in [0.15, 0.2) is 12.3 Å². The minimum absolute atomic E-state index is 0.490. The quantitative estimate of drug-likeness (QED) is 0.541. The second kappa shape index (κ2) is 6.67. The summed E-state index contributed by atoms with van der Waals surface area (Å²) in [5.74, 6) is 0.853. The number of unbranched alkanes of at least 4 members (excludes halogenated alkanes) is 3. The molecule has 0 bridgehead atoms. The van der Waals surface area contributed by atoms with E-state index in [1.165, 1.54) is 19.3 Å². The number of halogens is 1. The van der Waals surface area contributed by atoms with E-state index in [0.29, 0.717) is 5.15 Å². The highest BCUT2D eigenvalue weighted by Crippen LogP contribution is 2.20. The number of aromatic nitrogens is 1. The average Bonchev–Trinajstić information content (AvgIpc) is 2.23. The molecule has 0 spiro atoms. The molecule has 0 aliphatic heterocycles. The zero-order valence-electron chi connectivity index (χ0n) is 9.42. The minimum atomic E-state index is 0.490. The maximum Gasteiger partial charge on any atom is 0.132 e. The summed E-state index contributed by atoms with van der Waals surface area (Å²) in [5.41, 5.74) is 1.04. The number of ether oxygens (including phenoxy) is 1. The first-order valence-corrected chi connectivity index (χ1v) is 5.86. The molecule has 0 amide bonds. The van der Waals surface area contributed by atoms with Crippen LogP contribution in [0.2, 0.25) is 5.15 Å². The molecular formula is C12H18ClNO. The summed E-state index contributed by atoms with van der Waals surface area (Å²) in [6, 6.07) is 1.77. The fraction of sp³-hybridized carbons (Fsp3) is 0.583. The Morgan fingerprint density at radius 3 is 2.87 bits per heavy atom. The van der Waals surface area contributed by atoms with E-state index in [2.05, 4.69) is 11.9 Å². The maximum atomic E-state index is 5.79. The molecule has 1 aromatic rings. The van der Waals surface area contributed by atoms with Crippen molar-refractivity contribution in [1.82, 2.24) is 4.98 Å². The van der Waals surface area contributed by atoms with Crippen LogP contribution in [0.1, 0.15) is 38.2 Å². The van der Waals surface area contributed by atoms with Crippen molar-refractivity contribution in [2.24, 2.45) is 0 Å². The Balaban J connectivity index is 2.33. The Bertz CT molecular complexity index is 302. The van der Waals surface area contributed by atoms with E-state index in [-0.39, 0.29) is 0 Å². The molecule has 1 rings (SSSR count). The van der Waals surface area contributed by atoms with Crippen LogP contribution in [0, 0.1) is 6.92 Å². The molecule has 15 heavy (non-hydrogen) atoms. The van der Waals surface area contributed by atoms with Crippen LogP contribution >= 0.6 is 11.6 Å². The lowest BCUT2D eigenvalue weighted by atomic mass is 10.2. The van der Waals surface area contributed by atoms with Crippen LogP contribution < -0.4 is 4.74 Å². The predicted molar refractivity (Wildman–Crippen MR) is 63.6 cm³/mol. The van der Waals surface area contributed by atoms with E-state index >= 15 is 0 Å². The SMILES string of the molecule is CCCCCCOc1cc(Cl)ncc1C. The lowest BCUT2D eigenvalue weighted by Gasteiger charge is -2.08. The van der Waals surface area contributed by atoms with Gasteiger partial charge in [0.2, 0.25) is 0 Å². The molecule has 2 nitrogen and oxygen atoms in total. The number of rotatable bonds is 6. The summed E-state index contributed by atoms with van der Waals surface area (Å²) in [7, 11) is 0. The average molecular weight is 228 g/mol. The van der Waals surface area contributed by atoms with Crippen LogP contribution in [-0.2, 0) is 0 Å². The van der Waals surface area contributed by atoms with E-state index < -0.39 is 0 Å². The van der Waals surface area contributed by atoms with Gasteiger partial charge in [0.25, 0.3) is 0 Å². The van der Waals surface area contributed by atoms with E-state index in [4.69, 9.17) is 16.3 Å². The third-order valence-electron chi connectivity index (χ3n) is 2.28. The topological polar surface area (TPSA) is 22.1 Å². The molecule has 0 radical (unpaired) electrons. The Labute approximate surface area is 96.6 Å². The van der Waals surface area contributed by atoms with Crippen molar-refractivity contribution in [3.63, 3.8) is 0 Å². The van der Waals surface area contributed by atoms with Crippen molar-refractivity contribution in [3.8, 4) is 5.75 Å². The first-order valence-electron chi connectivity index (χ1n) is 5.49. The Hall–Kier alpha value is -0.760. The van der Waals surface area contributed by atoms with Crippen LogP contribution in [0.25, 0.3) is 0 Å². The summed E-state index contributed by atoms with van der Waals surface area (Å²) in [4.78, 5) is 3.98. The van der Waals surface area contributed by atoms with Gasteiger partial charge in [-0.15, -0.1) is 0 Å². The predicted octanol–water partition coefficient (Wildman–Crippen LogP) is 4.00. The molecule has 0 saturated carbocycles. The third-order valence-corrected chi connectivity index (χ3v) is 2.48. The fourth-order valence-electron chi connectivity index (χ4n) is 1.35. The van der Waals surface area contributed by atoms with E-state index in [1.807, 2.05) is 6.92 Å². The highest BCUT2D eigenvalue weighted by Gasteiger charge is 2.01. The molecule has 0 unspecified atom stereocenters. The van der Waals surface area contributed by atoms with E-state index in [1.54, 1.807) is 12.3 Å². The minimum Gasteiger partial charge on any atom is -0.493 e.